The lowest BCUT2D eigenvalue weighted by molar-refractivity contribution is 0.251. The predicted molar refractivity (Wildman–Crippen MR) is 144 cm³/mol. The van der Waals surface area contributed by atoms with Crippen molar-refractivity contribution in [2.24, 2.45) is 0 Å². The molecule has 1 saturated carbocycles. The molecule has 0 bridgehead atoms. The summed E-state index contributed by atoms with van der Waals surface area (Å²) in [4.78, 5) is 19.6. The molecule has 1 aliphatic rings. The first-order chi connectivity index (χ1) is 16.4. The van der Waals surface area contributed by atoms with Crippen molar-refractivity contribution in [3.8, 4) is 10.4 Å². The zero-order chi connectivity index (χ0) is 24.0. The number of anilines is 1. The highest BCUT2D eigenvalue weighted by Crippen LogP contribution is 2.40. The average molecular weight is 495 g/mol. The fraction of sp³-hybridized carbons (Fsp3) is 0.407. The van der Waals surface area contributed by atoms with Crippen molar-refractivity contribution in [3.05, 3.63) is 65.3 Å². The van der Waals surface area contributed by atoms with Gasteiger partial charge in [-0.05, 0) is 63.3 Å². The SMILES string of the molecule is CC(C)(C)NSc1cc(NC(=O)NCc2ccccc2)ccc1-c1cnc(C2CCCCC2)s1. The molecule has 180 valence electrons. The van der Waals surface area contributed by atoms with Gasteiger partial charge in [0.15, 0.2) is 0 Å². The quantitative estimate of drug-likeness (QED) is 0.296. The molecule has 0 spiro atoms. The van der Waals surface area contributed by atoms with Crippen LogP contribution >= 0.6 is 23.3 Å². The van der Waals surface area contributed by atoms with Crippen molar-refractivity contribution in [1.29, 1.82) is 0 Å². The van der Waals surface area contributed by atoms with Gasteiger partial charge in [0.05, 0.1) is 9.88 Å². The van der Waals surface area contributed by atoms with Crippen LogP contribution in [0.5, 0.6) is 0 Å². The molecule has 3 N–H and O–H groups in total. The molecule has 7 heteroatoms. The highest BCUT2D eigenvalue weighted by Gasteiger charge is 2.20. The van der Waals surface area contributed by atoms with Gasteiger partial charge in [-0.15, -0.1) is 11.3 Å². The number of carbonyl (C=O) groups is 1. The van der Waals surface area contributed by atoms with E-state index >= 15 is 0 Å². The molecule has 1 heterocycles. The Balaban J connectivity index is 1.50. The Hall–Kier alpha value is -2.35. The molecule has 0 radical (unpaired) electrons. The molecule has 0 saturated heterocycles. The molecule has 1 fully saturated rings. The van der Waals surface area contributed by atoms with Crippen LogP contribution in [0.25, 0.3) is 10.4 Å². The molecule has 1 aromatic heterocycles. The smallest absolute Gasteiger partial charge is 0.319 e. The first-order valence-corrected chi connectivity index (χ1v) is 13.6. The first kappa shape index (κ1) is 24.8. The summed E-state index contributed by atoms with van der Waals surface area (Å²) in [6.07, 6.45) is 8.49. The minimum Gasteiger partial charge on any atom is -0.334 e. The number of aromatic nitrogens is 1. The lowest BCUT2D eigenvalue weighted by Crippen LogP contribution is -2.30. The Morgan fingerprint density at radius 1 is 1.09 bits per heavy atom. The summed E-state index contributed by atoms with van der Waals surface area (Å²) in [5.74, 6) is 0.602. The van der Waals surface area contributed by atoms with E-state index in [1.54, 1.807) is 11.9 Å². The van der Waals surface area contributed by atoms with Crippen LogP contribution in [0.1, 0.15) is 69.4 Å². The summed E-state index contributed by atoms with van der Waals surface area (Å²) < 4.78 is 3.52. The second kappa shape index (κ2) is 11.4. The van der Waals surface area contributed by atoms with Crippen molar-refractivity contribution in [2.75, 3.05) is 5.32 Å². The highest BCUT2D eigenvalue weighted by atomic mass is 32.2. The second-order valence-electron chi connectivity index (χ2n) is 9.86. The molecule has 5 nitrogen and oxygen atoms in total. The molecule has 0 unspecified atom stereocenters. The number of thiazole rings is 1. The molecule has 1 aliphatic carbocycles. The monoisotopic (exact) mass is 494 g/mol. The van der Waals surface area contributed by atoms with Crippen molar-refractivity contribution in [2.45, 2.75) is 75.8 Å². The molecule has 4 rings (SSSR count). The van der Waals surface area contributed by atoms with E-state index in [9.17, 15) is 4.79 Å². The van der Waals surface area contributed by atoms with Gasteiger partial charge >= 0.3 is 6.03 Å². The maximum Gasteiger partial charge on any atom is 0.319 e. The largest absolute Gasteiger partial charge is 0.334 e. The highest BCUT2D eigenvalue weighted by molar-refractivity contribution is 7.97. The fourth-order valence-corrected chi connectivity index (χ4v) is 6.08. The van der Waals surface area contributed by atoms with E-state index in [1.165, 1.54) is 42.0 Å². The summed E-state index contributed by atoms with van der Waals surface area (Å²) in [7, 11) is 0. The standard InChI is InChI=1S/C27H34N4OS2/c1-27(2,3)31-34-23-16-21(30-26(32)29-17-19-10-6-4-7-11-19)14-15-22(23)24-18-28-25(33-24)20-12-8-5-9-13-20/h4,6-7,10-11,14-16,18,20,31H,5,8-9,12-13,17H2,1-3H3,(H2,29,30,32). The summed E-state index contributed by atoms with van der Waals surface area (Å²) in [5.41, 5.74) is 2.94. The zero-order valence-corrected chi connectivity index (χ0v) is 21.8. The van der Waals surface area contributed by atoms with Gasteiger partial charge in [0, 0.05) is 40.3 Å². The third kappa shape index (κ3) is 7.08. The number of hydrogen-bond donors (Lipinski definition) is 3. The van der Waals surface area contributed by atoms with Crippen LogP contribution in [0.4, 0.5) is 10.5 Å². The summed E-state index contributed by atoms with van der Waals surface area (Å²) in [6.45, 7) is 6.93. The van der Waals surface area contributed by atoms with Gasteiger partial charge in [-0.1, -0.05) is 55.7 Å². The van der Waals surface area contributed by atoms with Crippen LogP contribution in [0.2, 0.25) is 0 Å². The van der Waals surface area contributed by atoms with Crippen molar-refractivity contribution >= 4 is 35.0 Å². The van der Waals surface area contributed by atoms with Gasteiger partial charge in [0.1, 0.15) is 0 Å². The van der Waals surface area contributed by atoms with E-state index in [1.807, 2.05) is 60.0 Å². The third-order valence-corrected chi connectivity index (χ3v) is 8.21. The van der Waals surface area contributed by atoms with Crippen molar-refractivity contribution in [3.63, 3.8) is 0 Å². The van der Waals surface area contributed by atoms with Crippen LogP contribution in [0.15, 0.2) is 59.6 Å². The molecule has 0 atom stereocenters. The average Bonchev–Trinajstić information content (AvgIpc) is 3.32. The van der Waals surface area contributed by atoms with Gasteiger partial charge in [0.25, 0.3) is 0 Å². The van der Waals surface area contributed by atoms with E-state index < -0.39 is 0 Å². The number of hydrogen-bond acceptors (Lipinski definition) is 5. The predicted octanol–water partition coefficient (Wildman–Crippen LogP) is 7.57. The topological polar surface area (TPSA) is 66.0 Å². The Labute approximate surface area is 211 Å². The Kier molecular flexibility index (Phi) is 8.29. The summed E-state index contributed by atoms with van der Waals surface area (Å²) in [6, 6.07) is 15.8. The lowest BCUT2D eigenvalue weighted by atomic mass is 9.90. The maximum atomic E-state index is 12.5. The molecule has 3 aromatic rings. The van der Waals surface area contributed by atoms with Gasteiger partial charge < -0.3 is 10.6 Å². The van der Waals surface area contributed by atoms with Crippen molar-refractivity contribution < 1.29 is 4.79 Å². The summed E-state index contributed by atoms with van der Waals surface area (Å²) in [5, 5.41) is 7.17. The molecule has 2 aromatic carbocycles. The van der Waals surface area contributed by atoms with E-state index in [0.29, 0.717) is 12.5 Å². The number of rotatable bonds is 7. The third-order valence-electron chi connectivity index (χ3n) is 5.75. The van der Waals surface area contributed by atoms with Gasteiger partial charge in [0.2, 0.25) is 0 Å². The van der Waals surface area contributed by atoms with E-state index in [-0.39, 0.29) is 11.6 Å². The lowest BCUT2D eigenvalue weighted by Gasteiger charge is -2.21. The van der Waals surface area contributed by atoms with E-state index in [0.717, 1.165) is 21.7 Å². The molecule has 2 amide bonds. The van der Waals surface area contributed by atoms with Crippen molar-refractivity contribution in [1.82, 2.24) is 15.0 Å². The number of carbonyl (C=O) groups excluding carboxylic acids is 1. The first-order valence-electron chi connectivity index (χ1n) is 12.0. The summed E-state index contributed by atoms with van der Waals surface area (Å²) >= 11 is 3.42. The number of nitrogens with one attached hydrogen (secondary N) is 3. The number of nitrogens with zero attached hydrogens (tertiary/aromatic N) is 1. The molecule has 0 aliphatic heterocycles. The van der Waals surface area contributed by atoms with Crippen LogP contribution in [0.3, 0.4) is 0 Å². The Morgan fingerprint density at radius 2 is 1.85 bits per heavy atom. The minimum atomic E-state index is -0.214. The fourth-order valence-electron chi connectivity index (χ4n) is 4.00. The molecular formula is C27H34N4OS2. The molecular weight excluding hydrogens is 460 g/mol. The van der Waals surface area contributed by atoms with Gasteiger partial charge in [-0.2, -0.15) is 0 Å². The van der Waals surface area contributed by atoms with Gasteiger partial charge in [-0.25, -0.2) is 9.78 Å². The van der Waals surface area contributed by atoms with Gasteiger partial charge in [-0.3, -0.25) is 4.72 Å². The molecule has 34 heavy (non-hydrogen) atoms. The van der Waals surface area contributed by atoms with Crippen LogP contribution in [0, 0.1) is 0 Å². The maximum absolute atomic E-state index is 12.5. The zero-order valence-electron chi connectivity index (χ0n) is 20.2. The number of benzene rings is 2. The normalized spacial score (nSPS) is 14.7. The number of urea groups is 1. The van der Waals surface area contributed by atoms with Crippen LogP contribution < -0.4 is 15.4 Å². The second-order valence-corrected chi connectivity index (χ2v) is 11.8. The van der Waals surface area contributed by atoms with E-state index in [4.69, 9.17) is 4.98 Å². The minimum absolute atomic E-state index is 0.0423. The Bertz CT molecular complexity index is 1090. The van der Waals surface area contributed by atoms with Crippen LogP contribution in [-0.4, -0.2) is 16.6 Å². The Morgan fingerprint density at radius 3 is 2.59 bits per heavy atom. The van der Waals surface area contributed by atoms with E-state index in [2.05, 4.69) is 42.2 Å². The number of amides is 2. The van der Waals surface area contributed by atoms with Crippen LogP contribution in [-0.2, 0) is 6.54 Å².